The highest BCUT2D eigenvalue weighted by atomic mass is 16.4. The lowest BCUT2D eigenvalue weighted by molar-refractivity contribution is 0.584. The number of nitrogens with one attached hydrogen (secondary N) is 1. The van der Waals surface area contributed by atoms with Crippen LogP contribution in [0.25, 0.3) is 33.9 Å². The van der Waals surface area contributed by atoms with Crippen LogP contribution in [0.5, 0.6) is 0 Å². The zero-order valence-corrected chi connectivity index (χ0v) is 14.7. The lowest BCUT2D eigenvalue weighted by atomic mass is 10.1. The second kappa shape index (κ2) is 5.95. The van der Waals surface area contributed by atoms with Crippen LogP contribution in [0.15, 0.2) is 47.1 Å². The second-order valence-corrected chi connectivity index (χ2v) is 6.76. The van der Waals surface area contributed by atoms with Gasteiger partial charge in [0.25, 0.3) is 0 Å². The van der Waals surface area contributed by atoms with Crippen molar-refractivity contribution < 1.29 is 4.42 Å². The molecule has 1 saturated carbocycles. The van der Waals surface area contributed by atoms with Crippen LogP contribution in [-0.2, 0) is 7.05 Å². The van der Waals surface area contributed by atoms with Crippen LogP contribution in [0.1, 0.15) is 18.4 Å². The van der Waals surface area contributed by atoms with Crippen molar-refractivity contribution in [3.63, 3.8) is 0 Å². The Morgan fingerprint density at radius 2 is 1.85 bits per heavy atom. The number of benzene rings is 2. The first-order chi connectivity index (χ1) is 13.2. The van der Waals surface area contributed by atoms with Crippen molar-refractivity contribution in [2.45, 2.75) is 18.9 Å². The van der Waals surface area contributed by atoms with E-state index in [1.807, 2.05) is 41.9 Å². The Balaban J connectivity index is 1.49. The molecule has 2 aromatic carbocycles. The monoisotopic (exact) mass is 356 g/mol. The minimum atomic E-state index is 0.393. The molecule has 7 heteroatoms. The summed E-state index contributed by atoms with van der Waals surface area (Å²) in [6, 6.07) is 14.1. The second-order valence-electron chi connectivity index (χ2n) is 6.76. The molecule has 1 aliphatic carbocycles. The number of hydrogen-bond acceptors (Lipinski definition) is 6. The predicted octanol–water partition coefficient (Wildman–Crippen LogP) is 3.74. The number of fused-ring (bicyclic) bond motifs is 1. The Morgan fingerprint density at radius 3 is 2.59 bits per heavy atom. The number of anilines is 1. The zero-order valence-electron chi connectivity index (χ0n) is 14.7. The van der Waals surface area contributed by atoms with E-state index >= 15 is 0 Å². The van der Waals surface area contributed by atoms with E-state index in [1.165, 1.54) is 0 Å². The van der Waals surface area contributed by atoms with Gasteiger partial charge in [0.15, 0.2) is 0 Å². The Morgan fingerprint density at radius 1 is 1.11 bits per heavy atom. The molecular weight excluding hydrogens is 340 g/mol. The van der Waals surface area contributed by atoms with Gasteiger partial charge in [0.05, 0.1) is 28.6 Å². The van der Waals surface area contributed by atoms with Gasteiger partial charge in [-0.1, -0.05) is 0 Å². The SMILES string of the molecule is Cn1cnc2ccc(-c3nnc(-c4ccc(NC5CC5)c(C#N)c4)o3)cc21. The lowest BCUT2D eigenvalue weighted by Gasteiger charge is -2.07. The minimum absolute atomic E-state index is 0.393. The fourth-order valence-corrected chi connectivity index (χ4v) is 3.06. The predicted molar refractivity (Wildman–Crippen MR) is 101 cm³/mol. The Kier molecular flexibility index (Phi) is 3.44. The smallest absolute Gasteiger partial charge is 0.248 e. The fraction of sp³-hybridized carbons (Fsp3) is 0.200. The molecule has 0 radical (unpaired) electrons. The molecule has 5 rings (SSSR count). The minimum Gasteiger partial charge on any atom is -0.416 e. The van der Waals surface area contributed by atoms with E-state index in [-0.39, 0.29) is 0 Å². The molecule has 132 valence electrons. The standard InChI is InChI=1S/C20H16N6O/c1-26-11-22-17-7-3-13(9-18(17)26)20-25-24-19(27-20)12-2-6-16(14(8-12)10-21)23-15-4-5-15/h2-3,6-9,11,15,23H,4-5H2,1H3. The van der Waals surface area contributed by atoms with Crippen molar-refractivity contribution in [3.05, 3.63) is 48.3 Å². The van der Waals surface area contributed by atoms with Crippen molar-refractivity contribution in [2.24, 2.45) is 7.05 Å². The Labute approximate surface area is 155 Å². The summed E-state index contributed by atoms with van der Waals surface area (Å²) in [5.74, 6) is 0.830. The van der Waals surface area contributed by atoms with Crippen LogP contribution in [-0.4, -0.2) is 25.8 Å². The van der Waals surface area contributed by atoms with Crippen molar-refractivity contribution in [1.29, 1.82) is 5.26 Å². The van der Waals surface area contributed by atoms with E-state index in [1.54, 1.807) is 12.4 Å². The van der Waals surface area contributed by atoms with E-state index in [4.69, 9.17) is 4.42 Å². The normalized spacial score (nSPS) is 13.6. The summed E-state index contributed by atoms with van der Waals surface area (Å²) in [7, 11) is 1.94. The summed E-state index contributed by atoms with van der Waals surface area (Å²) in [6.45, 7) is 0. The molecular formula is C20H16N6O. The number of nitrogens with zero attached hydrogens (tertiary/aromatic N) is 5. The van der Waals surface area contributed by atoms with E-state index in [9.17, 15) is 5.26 Å². The van der Waals surface area contributed by atoms with E-state index in [2.05, 4.69) is 26.6 Å². The molecule has 0 bridgehead atoms. The van der Waals surface area contributed by atoms with Gasteiger partial charge < -0.3 is 14.3 Å². The molecule has 1 aliphatic rings. The molecule has 27 heavy (non-hydrogen) atoms. The third-order valence-electron chi connectivity index (χ3n) is 4.72. The number of nitriles is 1. The maximum absolute atomic E-state index is 9.45. The van der Waals surface area contributed by atoms with Crippen LogP contribution in [0.4, 0.5) is 5.69 Å². The van der Waals surface area contributed by atoms with Crippen LogP contribution in [0.2, 0.25) is 0 Å². The third kappa shape index (κ3) is 2.81. The Bertz CT molecular complexity index is 1190. The summed E-state index contributed by atoms with van der Waals surface area (Å²) in [4.78, 5) is 4.32. The van der Waals surface area contributed by atoms with Crippen molar-refractivity contribution in [2.75, 3.05) is 5.32 Å². The van der Waals surface area contributed by atoms with Crippen LogP contribution < -0.4 is 5.32 Å². The average molecular weight is 356 g/mol. The summed E-state index contributed by atoms with van der Waals surface area (Å²) in [5, 5.41) is 21.2. The molecule has 1 fully saturated rings. The van der Waals surface area contributed by atoms with E-state index < -0.39 is 0 Å². The highest BCUT2D eigenvalue weighted by molar-refractivity contribution is 5.80. The lowest BCUT2D eigenvalue weighted by Crippen LogP contribution is -2.02. The molecule has 0 atom stereocenters. The Hall–Kier alpha value is -3.66. The first kappa shape index (κ1) is 15.6. The molecule has 0 aliphatic heterocycles. The molecule has 0 unspecified atom stereocenters. The van der Waals surface area contributed by atoms with Crippen LogP contribution in [0.3, 0.4) is 0 Å². The highest BCUT2D eigenvalue weighted by Crippen LogP contribution is 2.31. The van der Waals surface area contributed by atoms with Crippen molar-refractivity contribution in [3.8, 4) is 29.0 Å². The maximum Gasteiger partial charge on any atom is 0.248 e. The van der Waals surface area contributed by atoms with Gasteiger partial charge in [-0.15, -0.1) is 10.2 Å². The van der Waals surface area contributed by atoms with Gasteiger partial charge in [-0.3, -0.25) is 0 Å². The van der Waals surface area contributed by atoms with E-state index in [0.29, 0.717) is 23.4 Å². The molecule has 0 spiro atoms. The average Bonchev–Trinajstić information content (AvgIpc) is 3.24. The van der Waals surface area contributed by atoms with Crippen molar-refractivity contribution >= 4 is 16.7 Å². The van der Waals surface area contributed by atoms with Gasteiger partial charge in [0, 0.05) is 24.2 Å². The number of imidazole rings is 1. The molecule has 4 aromatic rings. The molecule has 2 aromatic heterocycles. The number of aromatic nitrogens is 4. The van der Waals surface area contributed by atoms with Gasteiger partial charge in [-0.25, -0.2) is 4.98 Å². The zero-order chi connectivity index (χ0) is 18.4. The van der Waals surface area contributed by atoms with Gasteiger partial charge >= 0.3 is 0 Å². The summed E-state index contributed by atoms with van der Waals surface area (Å²) in [5.41, 5.74) is 4.90. The summed E-state index contributed by atoms with van der Waals surface area (Å²) >= 11 is 0. The quantitative estimate of drug-likeness (QED) is 0.599. The van der Waals surface area contributed by atoms with E-state index in [0.717, 1.165) is 40.7 Å². The summed E-state index contributed by atoms with van der Waals surface area (Å²) in [6.07, 6.45) is 4.08. The molecule has 2 heterocycles. The van der Waals surface area contributed by atoms with Crippen LogP contribution in [0, 0.1) is 11.3 Å². The number of hydrogen-bond donors (Lipinski definition) is 1. The first-order valence-electron chi connectivity index (χ1n) is 8.77. The number of rotatable bonds is 4. The molecule has 1 N–H and O–H groups in total. The van der Waals surface area contributed by atoms with Gasteiger partial charge in [0.1, 0.15) is 6.07 Å². The molecule has 0 amide bonds. The van der Waals surface area contributed by atoms with Gasteiger partial charge in [0.2, 0.25) is 11.8 Å². The number of aryl methyl sites for hydroxylation is 1. The topological polar surface area (TPSA) is 92.6 Å². The third-order valence-corrected chi connectivity index (χ3v) is 4.72. The molecule has 7 nitrogen and oxygen atoms in total. The fourth-order valence-electron chi connectivity index (χ4n) is 3.06. The van der Waals surface area contributed by atoms with Crippen LogP contribution >= 0.6 is 0 Å². The highest BCUT2D eigenvalue weighted by Gasteiger charge is 2.22. The van der Waals surface area contributed by atoms with Crippen molar-refractivity contribution in [1.82, 2.24) is 19.7 Å². The summed E-state index contributed by atoms with van der Waals surface area (Å²) < 4.78 is 7.82. The van der Waals surface area contributed by atoms with Gasteiger partial charge in [-0.2, -0.15) is 5.26 Å². The largest absolute Gasteiger partial charge is 0.416 e. The maximum atomic E-state index is 9.45. The van der Waals surface area contributed by atoms with Gasteiger partial charge in [-0.05, 0) is 49.2 Å². The first-order valence-corrected chi connectivity index (χ1v) is 8.77. The molecule has 0 saturated heterocycles.